The van der Waals surface area contributed by atoms with Crippen molar-refractivity contribution < 1.29 is 9.13 Å². The lowest BCUT2D eigenvalue weighted by Crippen LogP contribution is -2.23. The minimum absolute atomic E-state index is 0.135. The molecule has 3 rings (SSSR count). The minimum atomic E-state index is -0.306. The van der Waals surface area contributed by atoms with Gasteiger partial charge in [-0.3, -0.25) is 4.90 Å². The smallest absolute Gasteiger partial charge is 0.232 e. The molecule has 0 bridgehead atoms. The zero-order chi connectivity index (χ0) is 20.6. The van der Waals surface area contributed by atoms with E-state index >= 15 is 0 Å². The number of nitrogens with one attached hydrogen (secondary N) is 1. The Balaban J connectivity index is 1.50. The molecule has 1 heterocycles. The average molecular weight is 396 g/mol. The van der Waals surface area contributed by atoms with Crippen LogP contribution >= 0.6 is 0 Å². The zero-order valence-electron chi connectivity index (χ0n) is 16.6. The number of aromatic nitrogens is 3. The van der Waals surface area contributed by atoms with Gasteiger partial charge in [0.2, 0.25) is 11.9 Å². The van der Waals surface area contributed by atoms with E-state index in [1.54, 1.807) is 12.1 Å². The Kier molecular flexibility index (Phi) is 6.91. The molecular weight excluding hydrogens is 371 g/mol. The maximum Gasteiger partial charge on any atom is 0.232 e. The van der Waals surface area contributed by atoms with Crippen LogP contribution in [-0.4, -0.2) is 40.1 Å². The Morgan fingerprint density at radius 1 is 1.07 bits per heavy atom. The van der Waals surface area contributed by atoms with Crippen LogP contribution in [0.4, 0.5) is 22.0 Å². The molecule has 0 saturated carbocycles. The summed E-state index contributed by atoms with van der Waals surface area (Å²) in [6.45, 7) is 4.00. The molecule has 7 nitrogen and oxygen atoms in total. The summed E-state index contributed by atoms with van der Waals surface area (Å²) in [6.07, 6.45) is 0.867. The first kappa shape index (κ1) is 20.5. The van der Waals surface area contributed by atoms with Gasteiger partial charge < -0.3 is 15.8 Å². The van der Waals surface area contributed by atoms with Crippen molar-refractivity contribution in [1.29, 1.82) is 0 Å². The summed E-state index contributed by atoms with van der Waals surface area (Å²) in [5.41, 5.74) is 7.61. The highest BCUT2D eigenvalue weighted by Crippen LogP contribution is 2.17. The first-order chi connectivity index (χ1) is 14.0. The van der Waals surface area contributed by atoms with Gasteiger partial charge in [-0.05, 0) is 56.3 Å². The lowest BCUT2D eigenvalue weighted by atomic mass is 10.2. The fourth-order valence-corrected chi connectivity index (χ4v) is 2.78. The Morgan fingerprint density at radius 2 is 1.83 bits per heavy atom. The van der Waals surface area contributed by atoms with E-state index in [2.05, 4.69) is 25.2 Å². The maximum absolute atomic E-state index is 13.0. The number of benzene rings is 2. The first-order valence-corrected chi connectivity index (χ1v) is 9.39. The molecule has 0 aliphatic rings. The summed E-state index contributed by atoms with van der Waals surface area (Å²) in [5, 5.41) is 3.01. The molecule has 3 aromatic rings. The van der Waals surface area contributed by atoms with Crippen molar-refractivity contribution in [2.24, 2.45) is 0 Å². The van der Waals surface area contributed by atoms with Crippen molar-refractivity contribution in [1.82, 2.24) is 19.9 Å². The molecule has 0 aliphatic heterocycles. The van der Waals surface area contributed by atoms with Crippen LogP contribution in [0.3, 0.4) is 0 Å². The van der Waals surface area contributed by atoms with E-state index in [1.165, 1.54) is 12.1 Å². The van der Waals surface area contributed by atoms with Gasteiger partial charge in [-0.2, -0.15) is 15.0 Å². The summed E-state index contributed by atoms with van der Waals surface area (Å²) in [4.78, 5) is 14.8. The summed E-state index contributed by atoms with van der Waals surface area (Å²) in [6, 6.07) is 13.9. The summed E-state index contributed by atoms with van der Waals surface area (Å²) < 4.78 is 18.9. The predicted octanol–water partition coefficient (Wildman–Crippen LogP) is 3.55. The van der Waals surface area contributed by atoms with Crippen molar-refractivity contribution in [2.45, 2.75) is 19.9 Å². The van der Waals surface area contributed by atoms with Gasteiger partial charge >= 0.3 is 0 Å². The number of hydrogen-bond donors (Lipinski definition) is 2. The number of halogens is 1. The number of anilines is 3. The van der Waals surface area contributed by atoms with E-state index in [0.29, 0.717) is 30.6 Å². The van der Waals surface area contributed by atoms with Gasteiger partial charge in [0.1, 0.15) is 17.4 Å². The van der Waals surface area contributed by atoms with Crippen molar-refractivity contribution in [3.05, 3.63) is 65.7 Å². The highest BCUT2D eigenvalue weighted by Gasteiger charge is 2.08. The van der Waals surface area contributed by atoms with Crippen molar-refractivity contribution >= 4 is 17.6 Å². The number of para-hydroxylation sites is 1. The summed E-state index contributed by atoms with van der Waals surface area (Å²) in [5.74, 6) is 1.63. The molecule has 0 amide bonds. The van der Waals surface area contributed by atoms with Gasteiger partial charge in [-0.1, -0.05) is 18.2 Å². The Hall–Kier alpha value is -3.26. The quantitative estimate of drug-likeness (QED) is 0.535. The molecular formula is C21H25FN6O. The van der Waals surface area contributed by atoms with Crippen LogP contribution in [0.25, 0.3) is 0 Å². The van der Waals surface area contributed by atoms with Crippen molar-refractivity contribution in [3.8, 4) is 5.75 Å². The second kappa shape index (κ2) is 9.79. The lowest BCUT2D eigenvalue weighted by Gasteiger charge is -2.16. The number of rotatable bonds is 9. The fraction of sp³-hybridized carbons (Fsp3) is 0.286. The van der Waals surface area contributed by atoms with Gasteiger partial charge in [0.15, 0.2) is 0 Å². The molecule has 0 unspecified atom stereocenters. The highest BCUT2D eigenvalue weighted by molar-refractivity contribution is 5.53. The largest absolute Gasteiger partial charge is 0.493 e. The third-order valence-electron chi connectivity index (χ3n) is 4.25. The Bertz CT molecular complexity index is 935. The number of nitrogen functional groups attached to an aromatic ring is 1. The second-order valence-electron chi connectivity index (χ2n) is 6.77. The summed E-state index contributed by atoms with van der Waals surface area (Å²) in [7, 11) is 1.99. The molecule has 152 valence electrons. The molecule has 29 heavy (non-hydrogen) atoms. The normalized spacial score (nSPS) is 10.9. The predicted molar refractivity (Wildman–Crippen MR) is 112 cm³/mol. The Morgan fingerprint density at radius 3 is 2.59 bits per heavy atom. The van der Waals surface area contributed by atoms with Gasteiger partial charge in [0, 0.05) is 12.2 Å². The van der Waals surface area contributed by atoms with Crippen LogP contribution in [0.2, 0.25) is 0 Å². The first-order valence-electron chi connectivity index (χ1n) is 9.39. The molecule has 0 radical (unpaired) electrons. The molecule has 8 heteroatoms. The van der Waals surface area contributed by atoms with Crippen molar-refractivity contribution in [3.63, 3.8) is 0 Å². The van der Waals surface area contributed by atoms with E-state index in [1.807, 2.05) is 38.2 Å². The van der Waals surface area contributed by atoms with E-state index in [4.69, 9.17) is 10.5 Å². The molecule has 1 aromatic heterocycles. The molecule has 3 N–H and O–H groups in total. The van der Waals surface area contributed by atoms with Gasteiger partial charge in [-0.25, -0.2) is 4.39 Å². The van der Waals surface area contributed by atoms with Crippen LogP contribution in [0.1, 0.15) is 17.8 Å². The number of nitrogens with zero attached hydrogens (tertiary/aromatic N) is 4. The summed E-state index contributed by atoms with van der Waals surface area (Å²) >= 11 is 0. The molecule has 0 aliphatic carbocycles. The van der Waals surface area contributed by atoms with Crippen molar-refractivity contribution in [2.75, 3.05) is 31.2 Å². The van der Waals surface area contributed by atoms with Crippen LogP contribution < -0.4 is 15.8 Å². The van der Waals surface area contributed by atoms with Crippen LogP contribution in [0.5, 0.6) is 5.75 Å². The minimum Gasteiger partial charge on any atom is -0.493 e. The SMILES string of the molecule is Cc1ccccc1OCCCN(C)Cc1nc(N)nc(Nc2ccc(F)cc2)n1. The fourth-order valence-electron chi connectivity index (χ4n) is 2.78. The Labute approximate surface area is 169 Å². The third-order valence-corrected chi connectivity index (χ3v) is 4.25. The van der Waals surface area contributed by atoms with Gasteiger partial charge in [0.05, 0.1) is 13.2 Å². The van der Waals surface area contributed by atoms with E-state index in [-0.39, 0.29) is 11.8 Å². The molecule has 0 spiro atoms. The van der Waals surface area contributed by atoms with Gasteiger partial charge in [-0.15, -0.1) is 0 Å². The van der Waals surface area contributed by atoms with Crippen LogP contribution in [0, 0.1) is 12.7 Å². The average Bonchev–Trinajstić information content (AvgIpc) is 2.68. The van der Waals surface area contributed by atoms with Crippen LogP contribution in [-0.2, 0) is 6.54 Å². The van der Waals surface area contributed by atoms with Crippen LogP contribution in [0.15, 0.2) is 48.5 Å². The van der Waals surface area contributed by atoms with Gasteiger partial charge in [0.25, 0.3) is 0 Å². The monoisotopic (exact) mass is 396 g/mol. The maximum atomic E-state index is 13.0. The zero-order valence-corrected chi connectivity index (χ0v) is 16.6. The highest BCUT2D eigenvalue weighted by atomic mass is 19.1. The number of nitrogens with two attached hydrogens (primary N) is 1. The molecule has 0 saturated heterocycles. The molecule has 2 aromatic carbocycles. The molecule has 0 fully saturated rings. The third kappa shape index (κ3) is 6.39. The number of hydrogen-bond acceptors (Lipinski definition) is 7. The van der Waals surface area contributed by atoms with E-state index in [0.717, 1.165) is 24.3 Å². The lowest BCUT2D eigenvalue weighted by molar-refractivity contribution is 0.255. The topological polar surface area (TPSA) is 89.2 Å². The van der Waals surface area contributed by atoms with E-state index in [9.17, 15) is 4.39 Å². The second-order valence-corrected chi connectivity index (χ2v) is 6.77. The standard InChI is InChI=1S/C21H25FN6O/c1-15-6-3-4-7-18(15)29-13-5-12-28(2)14-19-25-20(23)27-21(26-19)24-17-10-8-16(22)9-11-17/h3-4,6-11H,5,12-14H2,1-2H3,(H3,23,24,25,26,27). The molecule has 0 atom stereocenters. The number of ether oxygens (including phenoxy) is 1. The number of aryl methyl sites for hydroxylation is 1. The van der Waals surface area contributed by atoms with E-state index < -0.39 is 0 Å².